The van der Waals surface area contributed by atoms with Gasteiger partial charge in [0.05, 0.1) is 22.1 Å². The first-order valence-corrected chi connectivity index (χ1v) is 23.8. The molecule has 11 aromatic carbocycles. The lowest BCUT2D eigenvalue weighted by molar-refractivity contribution is 0.669. The molecule has 0 atom stereocenters. The Morgan fingerprint density at radius 3 is 1.84 bits per heavy atom. The molecule has 2 aliphatic rings. The number of aromatic nitrogens is 1. The molecule has 1 aliphatic carbocycles. The summed E-state index contributed by atoms with van der Waals surface area (Å²) in [6.45, 7) is 0. The van der Waals surface area contributed by atoms with E-state index >= 15 is 0 Å². The molecule has 312 valence electrons. The van der Waals surface area contributed by atoms with Crippen LogP contribution in [0.1, 0.15) is 22.3 Å². The van der Waals surface area contributed by atoms with Crippen LogP contribution >= 0.6 is 11.8 Å². The van der Waals surface area contributed by atoms with Crippen LogP contribution in [-0.4, -0.2) is 4.57 Å². The average Bonchev–Trinajstić information content (AvgIpc) is 3.92. The van der Waals surface area contributed by atoms with E-state index < -0.39 is 5.41 Å². The highest BCUT2D eigenvalue weighted by Crippen LogP contribution is 2.62. The third-order valence-corrected chi connectivity index (χ3v) is 15.8. The topological polar surface area (TPSA) is 21.3 Å². The number of para-hydroxylation sites is 2. The van der Waals surface area contributed by atoms with E-state index in [0.29, 0.717) is 0 Å². The zero-order valence-electron chi connectivity index (χ0n) is 36.2. The van der Waals surface area contributed by atoms with E-state index in [9.17, 15) is 0 Å². The van der Waals surface area contributed by atoms with Gasteiger partial charge in [0.25, 0.3) is 0 Å². The minimum absolute atomic E-state index is 0.585. The van der Waals surface area contributed by atoms with Crippen molar-refractivity contribution in [3.63, 3.8) is 0 Å². The molecule has 0 saturated heterocycles. The fourth-order valence-electron chi connectivity index (χ4n) is 11.9. The summed E-state index contributed by atoms with van der Waals surface area (Å²) in [5.41, 5.74) is 15.6. The molecule has 1 aliphatic heterocycles. The van der Waals surface area contributed by atoms with Gasteiger partial charge in [0.1, 0.15) is 11.2 Å². The number of rotatable bonds is 4. The number of furan rings is 1. The van der Waals surface area contributed by atoms with Crippen LogP contribution in [0.15, 0.2) is 245 Å². The first-order chi connectivity index (χ1) is 33.2. The zero-order valence-corrected chi connectivity index (χ0v) is 37.0. The predicted molar refractivity (Wildman–Crippen MR) is 279 cm³/mol. The van der Waals surface area contributed by atoms with Crippen LogP contribution < -0.4 is 4.90 Å². The summed E-state index contributed by atoms with van der Waals surface area (Å²) in [7, 11) is 0. The number of nitrogens with zero attached hydrogens (tertiary/aromatic N) is 2. The highest BCUT2D eigenvalue weighted by atomic mass is 32.2. The quantitative estimate of drug-likeness (QED) is 0.176. The monoisotopic (exact) mass is 870 g/mol. The smallest absolute Gasteiger partial charge is 0.135 e. The van der Waals surface area contributed by atoms with E-state index in [4.69, 9.17) is 4.42 Å². The molecule has 3 heterocycles. The largest absolute Gasteiger partial charge is 0.456 e. The summed E-state index contributed by atoms with van der Waals surface area (Å²) >= 11 is 1.88. The maximum atomic E-state index is 6.44. The van der Waals surface area contributed by atoms with Crippen molar-refractivity contribution >= 4 is 94.1 Å². The van der Waals surface area contributed by atoms with Crippen LogP contribution in [0, 0.1) is 0 Å². The molecule has 0 bridgehead atoms. The second-order valence-corrected chi connectivity index (χ2v) is 19.0. The fraction of sp³-hybridized carbons (Fsp3) is 0.0159. The van der Waals surface area contributed by atoms with Gasteiger partial charge in [0, 0.05) is 53.8 Å². The average molecular weight is 871 g/mol. The van der Waals surface area contributed by atoms with Gasteiger partial charge in [-0.25, -0.2) is 0 Å². The van der Waals surface area contributed by atoms with E-state index in [0.717, 1.165) is 50.2 Å². The standard InChI is InChI=1S/C63H38N2OS/c1-2-18-44-39(14-1)15-13-26-55(44)65-56-25-7-3-19-46(56)47-34-31-43(38-57(47)65)64(41-32-35-59-50(36-41)48-20-4-8-27-58(48)66-59)42-30-33-45-49-21-11-16-40-17-12-24-53(62(40)49)63(54(45)37-42)51-22-5-9-28-60(51)67-61-29-10-6-23-52(61)63/h1-38H. The third kappa shape index (κ3) is 5.08. The van der Waals surface area contributed by atoms with Crippen LogP contribution in [0.4, 0.5) is 17.1 Å². The van der Waals surface area contributed by atoms with Crippen molar-refractivity contribution in [2.24, 2.45) is 0 Å². The van der Waals surface area contributed by atoms with Gasteiger partial charge in [-0.2, -0.15) is 0 Å². The Balaban J connectivity index is 1.05. The predicted octanol–water partition coefficient (Wildman–Crippen LogP) is 17.3. The van der Waals surface area contributed by atoms with E-state index in [1.165, 1.54) is 81.0 Å². The second-order valence-electron chi connectivity index (χ2n) is 17.9. The van der Waals surface area contributed by atoms with Gasteiger partial charge in [-0.3, -0.25) is 0 Å². The SMILES string of the molecule is c1ccc2c(c1)Sc1ccccc1C21c2cc(N(c3ccc4oc5ccccc5c4c3)c3ccc4c5ccccc5n(-c5cccc6ccccc56)c4c3)ccc2-c2cccc3cccc1c23. The molecule has 67 heavy (non-hydrogen) atoms. The third-order valence-electron chi connectivity index (χ3n) is 14.6. The Bertz CT molecular complexity index is 4180. The van der Waals surface area contributed by atoms with Crippen LogP contribution in [0.3, 0.4) is 0 Å². The summed E-state index contributed by atoms with van der Waals surface area (Å²) in [4.78, 5) is 5.04. The molecule has 4 heteroatoms. The number of anilines is 3. The molecule has 0 radical (unpaired) electrons. The Morgan fingerprint density at radius 1 is 0.373 bits per heavy atom. The molecule has 15 rings (SSSR count). The van der Waals surface area contributed by atoms with Crippen molar-refractivity contribution in [2.75, 3.05) is 4.90 Å². The maximum Gasteiger partial charge on any atom is 0.135 e. The Kier molecular flexibility index (Phi) is 7.64. The zero-order chi connectivity index (χ0) is 43.8. The first kappa shape index (κ1) is 37.0. The summed E-state index contributed by atoms with van der Waals surface area (Å²) in [5.74, 6) is 0. The first-order valence-electron chi connectivity index (χ1n) is 23.0. The molecule has 0 unspecified atom stereocenters. The molecule has 13 aromatic rings. The number of hydrogen-bond acceptors (Lipinski definition) is 3. The molecular weight excluding hydrogens is 833 g/mol. The van der Waals surface area contributed by atoms with Crippen molar-refractivity contribution in [3.8, 4) is 16.8 Å². The molecule has 0 fully saturated rings. The van der Waals surface area contributed by atoms with Gasteiger partial charge in [-0.15, -0.1) is 0 Å². The van der Waals surface area contributed by atoms with Crippen LogP contribution in [0.25, 0.3) is 82.1 Å². The number of benzene rings is 11. The Labute approximate surface area is 390 Å². The summed E-state index contributed by atoms with van der Waals surface area (Å²) in [6.07, 6.45) is 0. The van der Waals surface area contributed by atoms with Crippen molar-refractivity contribution in [2.45, 2.75) is 15.2 Å². The van der Waals surface area contributed by atoms with E-state index in [-0.39, 0.29) is 0 Å². The normalized spacial score (nSPS) is 13.4. The molecular formula is C63H38N2OS. The van der Waals surface area contributed by atoms with Crippen LogP contribution in [0.2, 0.25) is 0 Å². The van der Waals surface area contributed by atoms with Gasteiger partial charge >= 0.3 is 0 Å². The molecule has 0 saturated carbocycles. The van der Waals surface area contributed by atoms with Crippen molar-refractivity contribution in [3.05, 3.63) is 253 Å². The van der Waals surface area contributed by atoms with Crippen molar-refractivity contribution < 1.29 is 4.42 Å². The van der Waals surface area contributed by atoms with E-state index in [2.05, 4.69) is 234 Å². The molecule has 0 amide bonds. The van der Waals surface area contributed by atoms with E-state index in [1.54, 1.807) is 0 Å². The minimum Gasteiger partial charge on any atom is -0.456 e. The molecule has 3 nitrogen and oxygen atoms in total. The highest BCUT2D eigenvalue weighted by Gasteiger charge is 2.48. The minimum atomic E-state index is -0.585. The second kappa shape index (κ2) is 13.9. The van der Waals surface area contributed by atoms with Crippen molar-refractivity contribution in [1.29, 1.82) is 0 Å². The maximum absolute atomic E-state index is 6.44. The lowest BCUT2D eigenvalue weighted by Gasteiger charge is -2.46. The van der Waals surface area contributed by atoms with Crippen LogP contribution in [0.5, 0.6) is 0 Å². The Hall–Kier alpha value is -8.31. The fourth-order valence-corrected chi connectivity index (χ4v) is 13.1. The molecule has 1 spiro atoms. The Morgan fingerprint density at radius 2 is 0.970 bits per heavy atom. The van der Waals surface area contributed by atoms with Crippen LogP contribution in [-0.2, 0) is 5.41 Å². The summed E-state index contributed by atoms with van der Waals surface area (Å²) in [5, 5.41) is 9.65. The van der Waals surface area contributed by atoms with Gasteiger partial charge in [-0.05, 0) is 122 Å². The lowest BCUT2D eigenvalue weighted by atomic mass is 9.59. The summed E-state index contributed by atoms with van der Waals surface area (Å²) in [6, 6.07) is 85.5. The number of fused-ring (bicyclic) bond motifs is 15. The summed E-state index contributed by atoms with van der Waals surface area (Å²) < 4.78 is 8.91. The molecule has 0 N–H and O–H groups in total. The highest BCUT2D eigenvalue weighted by molar-refractivity contribution is 7.99. The molecule has 2 aromatic heterocycles. The van der Waals surface area contributed by atoms with Gasteiger partial charge in [0.2, 0.25) is 0 Å². The number of hydrogen-bond donors (Lipinski definition) is 0. The van der Waals surface area contributed by atoms with Gasteiger partial charge < -0.3 is 13.9 Å². The van der Waals surface area contributed by atoms with Gasteiger partial charge in [0.15, 0.2) is 0 Å². The lowest BCUT2D eigenvalue weighted by Crippen LogP contribution is -2.36. The van der Waals surface area contributed by atoms with Gasteiger partial charge in [-0.1, -0.05) is 169 Å². The van der Waals surface area contributed by atoms with E-state index in [1.807, 2.05) is 17.8 Å². The van der Waals surface area contributed by atoms with Crippen molar-refractivity contribution in [1.82, 2.24) is 4.57 Å².